The van der Waals surface area contributed by atoms with Crippen molar-refractivity contribution in [2.45, 2.75) is 6.54 Å². The number of carbonyl (C=O) groups excluding carboxylic acids is 1. The van der Waals surface area contributed by atoms with E-state index in [2.05, 4.69) is 20.6 Å². The smallest absolute Gasteiger partial charge is 0.255 e. The highest BCUT2D eigenvalue weighted by molar-refractivity contribution is 5.96. The van der Waals surface area contributed by atoms with Crippen LogP contribution in [-0.4, -0.2) is 33.0 Å². The number of methoxy groups -OCH3 is 1. The van der Waals surface area contributed by atoms with E-state index in [0.717, 1.165) is 5.69 Å². The van der Waals surface area contributed by atoms with Gasteiger partial charge in [-0.2, -0.15) is 0 Å². The highest BCUT2D eigenvalue weighted by Crippen LogP contribution is 2.17. The summed E-state index contributed by atoms with van der Waals surface area (Å²) >= 11 is 0. The van der Waals surface area contributed by atoms with Gasteiger partial charge in [0.25, 0.3) is 5.91 Å². The van der Waals surface area contributed by atoms with Gasteiger partial charge >= 0.3 is 0 Å². The number of ether oxygens (including phenoxy) is 1. The second kappa shape index (κ2) is 6.69. The van der Waals surface area contributed by atoms with Gasteiger partial charge in [-0.25, -0.2) is 4.68 Å². The molecule has 1 aromatic carbocycles. The van der Waals surface area contributed by atoms with E-state index in [-0.39, 0.29) is 12.5 Å². The van der Waals surface area contributed by atoms with Crippen molar-refractivity contribution < 1.29 is 9.53 Å². The van der Waals surface area contributed by atoms with Gasteiger partial charge in [-0.3, -0.25) is 9.78 Å². The van der Waals surface area contributed by atoms with Gasteiger partial charge in [0.15, 0.2) is 0 Å². The lowest BCUT2D eigenvalue weighted by Crippen LogP contribution is -2.23. The zero-order valence-electron chi connectivity index (χ0n) is 12.5. The van der Waals surface area contributed by atoms with Crippen LogP contribution < -0.4 is 10.1 Å². The maximum absolute atomic E-state index is 12.2. The third-order valence-corrected chi connectivity index (χ3v) is 3.25. The number of hydrogen-bond donors (Lipinski definition) is 1. The van der Waals surface area contributed by atoms with E-state index in [1.165, 1.54) is 7.11 Å². The monoisotopic (exact) mass is 309 g/mol. The third kappa shape index (κ3) is 3.34. The first-order valence-corrected chi connectivity index (χ1v) is 7.01. The van der Waals surface area contributed by atoms with Gasteiger partial charge in [-0.15, -0.1) is 5.10 Å². The van der Waals surface area contributed by atoms with Crippen molar-refractivity contribution in [3.8, 4) is 11.4 Å². The van der Waals surface area contributed by atoms with Gasteiger partial charge in [0, 0.05) is 12.4 Å². The van der Waals surface area contributed by atoms with Crippen molar-refractivity contribution in [3.05, 3.63) is 66.2 Å². The predicted molar refractivity (Wildman–Crippen MR) is 83.3 cm³/mol. The van der Waals surface area contributed by atoms with E-state index in [9.17, 15) is 4.79 Å². The van der Waals surface area contributed by atoms with Gasteiger partial charge in [0.05, 0.1) is 31.1 Å². The summed E-state index contributed by atoms with van der Waals surface area (Å²) in [7, 11) is 1.53. The van der Waals surface area contributed by atoms with Crippen LogP contribution in [0.5, 0.6) is 5.75 Å². The van der Waals surface area contributed by atoms with Crippen LogP contribution >= 0.6 is 0 Å². The molecule has 1 N–H and O–H groups in total. The number of aromatic nitrogens is 4. The second-order valence-electron chi connectivity index (χ2n) is 4.74. The number of nitrogens with one attached hydrogen (secondary N) is 1. The number of amides is 1. The van der Waals surface area contributed by atoms with Crippen LogP contribution in [0.4, 0.5) is 0 Å². The van der Waals surface area contributed by atoms with E-state index in [4.69, 9.17) is 4.74 Å². The Morgan fingerprint density at radius 1 is 1.22 bits per heavy atom. The summed E-state index contributed by atoms with van der Waals surface area (Å²) in [5.74, 6) is 0.311. The standard InChI is InChI=1S/C16H15N5O2/c1-23-15-5-3-2-4-14(15)16(22)18-10-12-11-21(20-19-12)13-6-8-17-9-7-13/h2-9,11H,10H2,1H3,(H,18,22). The molecule has 0 saturated carbocycles. The molecule has 0 aliphatic carbocycles. The van der Waals surface area contributed by atoms with Crippen LogP contribution in [0.1, 0.15) is 16.1 Å². The number of pyridine rings is 1. The Hall–Kier alpha value is -3.22. The number of para-hydroxylation sites is 1. The van der Waals surface area contributed by atoms with Gasteiger partial charge in [0.2, 0.25) is 0 Å². The molecular weight excluding hydrogens is 294 g/mol. The first-order valence-electron chi connectivity index (χ1n) is 7.01. The quantitative estimate of drug-likeness (QED) is 0.774. The number of hydrogen-bond acceptors (Lipinski definition) is 5. The molecule has 2 aromatic heterocycles. The lowest BCUT2D eigenvalue weighted by molar-refractivity contribution is 0.0947. The zero-order chi connectivity index (χ0) is 16.1. The second-order valence-corrected chi connectivity index (χ2v) is 4.74. The maximum atomic E-state index is 12.2. The van der Waals surface area contributed by atoms with Gasteiger partial charge in [-0.1, -0.05) is 17.3 Å². The minimum Gasteiger partial charge on any atom is -0.496 e. The molecule has 3 rings (SSSR count). The molecule has 0 unspecified atom stereocenters. The molecule has 0 saturated heterocycles. The predicted octanol–water partition coefficient (Wildman–Crippen LogP) is 1.60. The summed E-state index contributed by atoms with van der Waals surface area (Å²) in [5.41, 5.74) is 2.00. The molecule has 116 valence electrons. The van der Waals surface area contributed by atoms with E-state index in [1.54, 1.807) is 41.5 Å². The van der Waals surface area contributed by atoms with Crippen molar-refractivity contribution in [3.63, 3.8) is 0 Å². The van der Waals surface area contributed by atoms with E-state index >= 15 is 0 Å². The SMILES string of the molecule is COc1ccccc1C(=O)NCc1cn(-c2ccncc2)nn1. The van der Waals surface area contributed by atoms with Crippen LogP contribution in [0.3, 0.4) is 0 Å². The molecule has 0 atom stereocenters. The molecular formula is C16H15N5O2. The Balaban J connectivity index is 1.67. The molecule has 7 heteroatoms. The minimum atomic E-state index is -0.221. The van der Waals surface area contributed by atoms with Crippen LogP contribution in [0.25, 0.3) is 5.69 Å². The molecule has 0 aliphatic heterocycles. The molecule has 1 amide bonds. The largest absolute Gasteiger partial charge is 0.496 e. The van der Waals surface area contributed by atoms with Crippen molar-refractivity contribution in [2.24, 2.45) is 0 Å². The summed E-state index contributed by atoms with van der Waals surface area (Å²) < 4.78 is 6.81. The Labute approximate surface area is 132 Å². The lowest BCUT2D eigenvalue weighted by Gasteiger charge is -2.07. The molecule has 23 heavy (non-hydrogen) atoms. The fourth-order valence-electron chi connectivity index (χ4n) is 2.10. The average Bonchev–Trinajstić information content (AvgIpc) is 3.09. The zero-order valence-corrected chi connectivity index (χ0v) is 12.5. The molecule has 2 heterocycles. The number of benzene rings is 1. The summed E-state index contributed by atoms with van der Waals surface area (Å²) in [6.45, 7) is 0.280. The molecule has 0 aliphatic rings. The Morgan fingerprint density at radius 2 is 2.00 bits per heavy atom. The first kappa shape index (κ1) is 14.7. The summed E-state index contributed by atoms with van der Waals surface area (Å²) in [4.78, 5) is 16.2. The van der Waals surface area contributed by atoms with Crippen molar-refractivity contribution in [1.82, 2.24) is 25.3 Å². The molecule has 7 nitrogen and oxygen atoms in total. The van der Waals surface area contributed by atoms with Gasteiger partial charge < -0.3 is 10.1 Å². The van der Waals surface area contributed by atoms with E-state index < -0.39 is 0 Å². The van der Waals surface area contributed by atoms with Gasteiger partial charge in [-0.05, 0) is 24.3 Å². The van der Waals surface area contributed by atoms with E-state index in [1.807, 2.05) is 18.2 Å². The Morgan fingerprint density at radius 3 is 2.78 bits per heavy atom. The van der Waals surface area contributed by atoms with Crippen LogP contribution in [0.2, 0.25) is 0 Å². The van der Waals surface area contributed by atoms with Gasteiger partial charge in [0.1, 0.15) is 11.4 Å². The van der Waals surface area contributed by atoms with Crippen LogP contribution in [0.15, 0.2) is 55.0 Å². The highest BCUT2D eigenvalue weighted by Gasteiger charge is 2.12. The first-order chi connectivity index (χ1) is 11.3. The normalized spacial score (nSPS) is 10.3. The highest BCUT2D eigenvalue weighted by atomic mass is 16.5. The maximum Gasteiger partial charge on any atom is 0.255 e. The summed E-state index contributed by atoms with van der Waals surface area (Å²) in [5, 5.41) is 10.9. The number of carbonyl (C=O) groups is 1. The van der Waals surface area contributed by atoms with Crippen molar-refractivity contribution in [2.75, 3.05) is 7.11 Å². The van der Waals surface area contributed by atoms with Crippen molar-refractivity contribution >= 4 is 5.91 Å². The topological polar surface area (TPSA) is 81.9 Å². The van der Waals surface area contributed by atoms with Crippen LogP contribution in [-0.2, 0) is 6.54 Å². The molecule has 0 radical (unpaired) electrons. The fourth-order valence-corrected chi connectivity index (χ4v) is 2.10. The molecule has 0 bridgehead atoms. The lowest BCUT2D eigenvalue weighted by atomic mass is 10.2. The summed E-state index contributed by atoms with van der Waals surface area (Å²) in [6, 6.07) is 10.7. The molecule has 0 fully saturated rings. The number of rotatable bonds is 5. The summed E-state index contributed by atoms with van der Waals surface area (Å²) in [6.07, 6.45) is 5.12. The minimum absolute atomic E-state index is 0.221. The van der Waals surface area contributed by atoms with Crippen molar-refractivity contribution in [1.29, 1.82) is 0 Å². The third-order valence-electron chi connectivity index (χ3n) is 3.25. The molecule has 3 aromatic rings. The fraction of sp³-hybridized carbons (Fsp3) is 0.125. The Bertz CT molecular complexity index is 801. The molecule has 0 spiro atoms. The Kier molecular flexibility index (Phi) is 4.28. The van der Waals surface area contributed by atoms with Crippen LogP contribution in [0, 0.1) is 0 Å². The van der Waals surface area contributed by atoms with E-state index in [0.29, 0.717) is 17.0 Å². The number of nitrogens with zero attached hydrogens (tertiary/aromatic N) is 4. The average molecular weight is 309 g/mol.